The second-order valence-corrected chi connectivity index (χ2v) is 5.72. The maximum absolute atomic E-state index is 14.0. The molecule has 0 bridgehead atoms. The van der Waals surface area contributed by atoms with Gasteiger partial charge in [0, 0.05) is 12.6 Å². The topological polar surface area (TPSA) is 46.3 Å². The number of hydrogen-bond acceptors (Lipinski definition) is 2. The van der Waals surface area contributed by atoms with E-state index in [0.717, 1.165) is 44.2 Å². The van der Waals surface area contributed by atoms with Crippen LogP contribution in [0.2, 0.25) is 0 Å². The molecule has 20 heavy (non-hydrogen) atoms. The van der Waals surface area contributed by atoms with E-state index in [1.807, 2.05) is 0 Å². The summed E-state index contributed by atoms with van der Waals surface area (Å²) in [6.45, 7) is 0.577. The number of fused-ring (bicyclic) bond motifs is 1. The Morgan fingerprint density at radius 1 is 1.20 bits per heavy atom. The highest BCUT2D eigenvalue weighted by Gasteiger charge is 2.39. The minimum atomic E-state index is -0.935. The number of amides is 1. The third-order valence-corrected chi connectivity index (χ3v) is 4.59. The van der Waals surface area contributed by atoms with Gasteiger partial charge in [0.25, 0.3) is 5.91 Å². The van der Waals surface area contributed by atoms with Gasteiger partial charge in [-0.05, 0) is 43.7 Å². The molecule has 1 aliphatic carbocycles. The molecule has 2 atom stereocenters. The summed E-state index contributed by atoms with van der Waals surface area (Å²) >= 11 is 0. The molecular formula is C15H18F2N2O. The number of nitrogens with zero attached hydrogens (tertiary/aromatic N) is 1. The minimum absolute atomic E-state index is 0.136. The van der Waals surface area contributed by atoms with E-state index in [4.69, 9.17) is 5.73 Å². The lowest BCUT2D eigenvalue weighted by atomic mass is 9.91. The van der Waals surface area contributed by atoms with E-state index in [-0.39, 0.29) is 11.7 Å². The molecule has 1 saturated heterocycles. The Morgan fingerprint density at radius 2 is 1.95 bits per heavy atom. The van der Waals surface area contributed by atoms with Crippen LogP contribution >= 0.6 is 0 Å². The number of piperidine rings is 1. The number of halogens is 2. The van der Waals surface area contributed by atoms with Gasteiger partial charge in [-0.15, -0.1) is 0 Å². The normalized spacial score (nSPS) is 25.6. The van der Waals surface area contributed by atoms with Crippen LogP contribution in [0.4, 0.5) is 14.5 Å². The lowest BCUT2D eigenvalue weighted by Gasteiger charge is -2.38. The molecule has 1 aliphatic heterocycles. The number of likely N-dealkylation sites (tertiary alicyclic amines) is 1. The second-order valence-electron chi connectivity index (χ2n) is 5.72. The fourth-order valence-corrected chi connectivity index (χ4v) is 3.61. The quantitative estimate of drug-likeness (QED) is 0.804. The van der Waals surface area contributed by atoms with E-state index < -0.39 is 23.1 Å². The van der Waals surface area contributed by atoms with Crippen LogP contribution in [-0.4, -0.2) is 23.4 Å². The summed E-state index contributed by atoms with van der Waals surface area (Å²) in [4.78, 5) is 14.2. The first-order chi connectivity index (χ1) is 9.59. The van der Waals surface area contributed by atoms with E-state index in [1.165, 1.54) is 0 Å². The zero-order chi connectivity index (χ0) is 14.3. The monoisotopic (exact) mass is 280 g/mol. The lowest BCUT2D eigenvalue weighted by molar-refractivity contribution is 0.0538. The van der Waals surface area contributed by atoms with E-state index in [0.29, 0.717) is 12.5 Å². The fraction of sp³-hybridized carbons (Fsp3) is 0.533. The Balaban J connectivity index is 1.94. The summed E-state index contributed by atoms with van der Waals surface area (Å²) in [5, 5.41) is 0. The largest absolute Gasteiger partial charge is 0.396 e. The third kappa shape index (κ3) is 2.05. The summed E-state index contributed by atoms with van der Waals surface area (Å²) in [6.07, 6.45) is 5.13. The van der Waals surface area contributed by atoms with Crippen molar-refractivity contribution in [2.24, 2.45) is 5.92 Å². The molecule has 1 aromatic carbocycles. The highest BCUT2D eigenvalue weighted by Crippen LogP contribution is 2.37. The maximum atomic E-state index is 14.0. The summed E-state index contributed by atoms with van der Waals surface area (Å²) in [6, 6.07) is 2.34. The van der Waals surface area contributed by atoms with Gasteiger partial charge in [0.2, 0.25) is 0 Å². The third-order valence-electron chi connectivity index (χ3n) is 4.59. The highest BCUT2D eigenvalue weighted by atomic mass is 19.1. The van der Waals surface area contributed by atoms with Gasteiger partial charge in [0.1, 0.15) is 11.4 Å². The molecule has 1 amide bonds. The van der Waals surface area contributed by atoms with Crippen molar-refractivity contribution in [3.8, 4) is 0 Å². The van der Waals surface area contributed by atoms with Crippen molar-refractivity contribution in [1.82, 2.24) is 4.90 Å². The van der Waals surface area contributed by atoms with Crippen molar-refractivity contribution in [2.45, 2.75) is 38.1 Å². The SMILES string of the molecule is Nc1ccc(F)c(C(=O)N2CCCC3CCCC32)c1F. The van der Waals surface area contributed by atoms with Crippen LogP contribution in [0.1, 0.15) is 42.5 Å². The van der Waals surface area contributed by atoms with Crippen LogP contribution in [0, 0.1) is 17.6 Å². The van der Waals surface area contributed by atoms with Crippen LogP contribution in [-0.2, 0) is 0 Å². The molecule has 2 unspecified atom stereocenters. The number of carbonyl (C=O) groups excluding carboxylic acids is 1. The van der Waals surface area contributed by atoms with E-state index in [2.05, 4.69) is 0 Å². The molecule has 0 aromatic heterocycles. The minimum Gasteiger partial charge on any atom is -0.396 e. The van der Waals surface area contributed by atoms with Crippen LogP contribution in [0.15, 0.2) is 12.1 Å². The van der Waals surface area contributed by atoms with E-state index in [9.17, 15) is 13.6 Å². The van der Waals surface area contributed by atoms with E-state index >= 15 is 0 Å². The number of anilines is 1. The average Bonchev–Trinajstić information content (AvgIpc) is 2.91. The Labute approximate surface area is 116 Å². The first-order valence-corrected chi connectivity index (χ1v) is 7.14. The number of nitrogens with two attached hydrogens (primary N) is 1. The summed E-state index contributed by atoms with van der Waals surface area (Å²) in [5.41, 5.74) is 4.76. The summed E-state index contributed by atoms with van der Waals surface area (Å²) in [5.74, 6) is -1.83. The summed E-state index contributed by atoms with van der Waals surface area (Å²) in [7, 11) is 0. The van der Waals surface area contributed by atoms with Crippen molar-refractivity contribution in [3.05, 3.63) is 29.3 Å². The van der Waals surface area contributed by atoms with Gasteiger partial charge < -0.3 is 10.6 Å². The standard InChI is InChI=1S/C15H18F2N2O/c16-10-6-7-11(18)14(17)13(10)15(20)19-8-2-4-9-3-1-5-12(9)19/h6-7,9,12H,1-5,8,18H2. The zero-order valence-corrected chi connectivity index (χ0v) is 11.2. The van der Waals surface area contributed by atoms with Crippen molar-refractivity contribution in [3.63, 3.8) is 0 Å². The number of nitrogen functional groups attached to an aromatic ring is 1. The Hall–Kier alpha value is -1.65. The molecule has 0 spiro atoms. The van der Waals surface area contributed by atoms with Crippen LogP contribution in [0.3, 0.4) is 0 Å². The molecule has 1 aromatic rings. The molecule has 5 heteroatoms. The first kappa shape index (κ1) is 13.3. The van der Waals surface area contributed by atoms with Crippen LogP contribution in [0.5, 0.6) is 0 Å². The Kier molecular flexibility index (Phi) is 3.36. The second kappa shape index (κ2) is 5.04. The average molecular weight is 280 g/mol. The van der Waals surface area contributed by atoms with Crippen LogP contribution in [0.25, 0.3) is 0 Å². The molecule has 1 heterocycles. The van der Waals surface area contributed by atoms with Crippen molar-refractivity contribution in [2.75, 3.05) is 12.3 Å². The molecule has 3 rings (SSSR count). The van der Waals surface area contributed by atoms with Crippen molar-refractivity contribution in [1.29, 1.82) is 0 Å². The van der Waals surface area contributed by atoms with Gasteiger partial charge in [0.05, 0.1) is 5.69 Å². The predicted octanol–water partition coefficient (Wildman–Crippen LogP) is 2.95. The molecule has 1 saturated carbocycles. The van der Waals surface area contributed by atoms with Crippen LogP contribution < -0.4 is 5.73 Å². The number of rotatable bonds is 1. The van der Waals surface area contributed by atoms with Gasteiger partial charge >= 0.3 is 0 Å². The van der Waals surface area contributed by atoms with E-state index in [1.54, 1.807) is 4.90 Å². The molecule has 2 N–H and O–H groups in total. The number of carbonyl (C=O) groups is 1. The van der Waals surface area contributed by atoms with Gasteiger partial charge in [-0.25, -0.2) is 8.78 Å². The zero-order valence-electron chi connectivity index (χ0n) is 11.2. The van der Waals surface area contributed by atoms with Gasteiger partial charge in [-0.1, -0.05) is 6.42 Å². The molecule has 108 valence electrons. The van der Waals surface area contributed by atoms with Gasteiger partial charge in [-0.3, -0.25) is 4.79 Å². The number of benzene rings is 1. The highest BCUT2D eigenvalue weighted by molar-refractivity contribution is 5.96. The molecule has 2 fully saturated rings. The maximum Gasteiger partial charge on any atom is 0.260 e. The Bertz CT molecular complexity index is 547. The molecule has 0 radical (unpaired) electrons. The predicted molar refractivity (Wildman–Crippen MR) is 72.2 cm³/mol. The number of hydrogen-bond donors (Lipinski definition) is 1. The van der Waals surface area contributed by atoms with Gasteiger partial charge in [0.15, 0.2) is 5.82 Å². The smallest absolute Gasteiger partial charge is 0.260 e. The first-order valence-electron chi connectivity index (χ1n) is 7.14. The molecule has 2 aliphatic rings. The Morgan fingerprint density at radius 3 is 2.75 bits per heavy atom. The fourth-order valence-electron chi connectivity index (χ4n) is 3.61. The lowest BCUT2D eigenvalue weighted by Crippen LogP contribution is -2.46. The van der Waals surface area contributed by atoms with Crippen molar-refractivity contribution >= 4 is 11.6 Å². The van der Waals surface area contributed by atoms with Crippen molar-refractivity contribution < 1.29 is 13.6 Å². The summed E-state index contributed by atoms with van der Waals surface area (Å²) < 4.78 is 27.8. The van der Waals surface area contributed by atoms with Gasteiger partial charge in [-0.2, -0.15) is 0 Å². The molecule has 3 nitrogen and oxygen atoms in total. The molecular weight excluding hydrogens is 262 g/mol.